The van der Waals surface area contributed by atoms with E-state index in [2.05, 4.69) is 25.6 Å². The van der Waals surface area contributed by atoms with E-state index in [0.717, 1.165) is 22.7 Å². The minimum Gasteiger partial charge on any atom is -0.497 e. The maximum atomic E-state index is 12.1. The first-order valence-corrected chi connectivity index (χ1v) is 7.25. The van der Waals surface area contributed by atoms with Crippen molar-refractivity contribution in [3.8, 4) is 5.75 Å². The van der Waals surface area contributed by atoms with Crippen LogP contribution in [0.4, 0.5) is 0 Å². The highest BCUT2D eigenvalue weighted by atomic mass is 16.5. The van der Waals surface area contributed by atoms with Crippen LogP contribution in [0, 0.1) is 13.8 Å². The van der Waals surface area contributed by atoms with Crippen LogP contribution in [0.5, 0.6) is 5.75 Å². The minimum atomic E-state index is -0.498. The lowest BCUT2D eigenvalue weighted by Crippen LogP contribution is -2.19. The Labute approximate surface area is 138 Å². The molecular weight excluding hydrogens is 308 g/mol. The number of nitrogens with zero attached hydrogens (tertiary/aromatic N) is 5. The summed E-state index contributed by atoms with van der Waals surface area (Å²) >= 11 is 0. The molecule has 0 aliphatic carbocycles. The van der Waals surface area contributed by atoms with Crippen molar-refractivity contribution >= 4 is 17.9 Å². The molecule has 2 heterocycles. The van der Waals surface area contributed by atoms with E-state index in [1.807, 2.05) is 44.2 Å². The lowest BCUT2D eigenvalue weighted by atomic mass is 10.2. The summed E-state index contributed by atoms with van der Waals surface area (Å²) in [5.74, 6) is 0.658. The molecule has 0 saturated heterocycles. The number of aryl methyl sites for hydroxylation is 2. The third-order valence-corrected chi connectivity index (χ3v) is 3.32. The second-order valence-corrected chi connectivity index (χ2v) is 5.16. The van der Waals surface area contributed by atoms with Crippen molar-refractivity contribution in [3.05, 3.63) is 53.1 Å². The second kappa shape index (κ2) is 6.45. The van der Waals surface area contributed by atoms with Gasteiger partial charge in [0.25, 0.3) is 5.78 Å². The summed E-state index contributed by atoms with van der Waals surface area (Å²) in [7, 11) is 1.60. The molecule has 0 unspecified atom stereocenters. The zero-order valence-electron chi connectivity index (χ0n) is 13.5. The SMILES string of the molecule is COc1ccc(C=NNC(=O)c2nc3nc(C)cc(C)n3n2)cc1. The molecule has 0 saturated carbocycles. The summed E-state index contributed by atoms with van der Waals surface area (Å²) in [5, 5.41) is 8.05. The molecule has 122 valence electrons. The number of ether oxygens (including phenoxy) is 1. The third-order valence-electron chi connectivity index (χ3n) is 3.32. The van der Waals surface area contributed by atoms with Gasteiger partial charge in [0.1, 0.15) is 5.75 Å². The molecule has 0 spiro atoms. The fourth-order valence-electron chi connectivity index (χ4n) is 2.17. The Balaban J connectivity index is 1.72. The molecule has 0 fully saturated rings. The number of fused-ring (bicyclic) bond motifs is 1. The fraction of sp³-hybridized carbons (Fsp3) is 0.188. The van der Waals surface area contributed by atoms with Gasteiger partial charge in [-0.25, -0.2) is 14.9 Å². The molecule has 1 aromatic carbocycles. The predicted octanol–water partition coefficient (Wildman–Crippen LogP) is 1.51. The number of hydrazone groups is 1. The molecule has 0 atom stereocenters. The maximum absolute atomic E-state index is 12.1. The van der Waals surface area contributed by atoms with Gasteiger partial charge >= 0.3 is 5.91 Å². The van der Waals surface area contributed by atoms with E-state index in [4.69, 9.17) is 4.74 Å². The zero-order valence-corrected chi connectivity index (χ0v) is 13.5. The summed E-state index contributed by atoms with van der Waals surface area (Å²) in [5.41, 5.74) is 4.90. The van der Waals surface area contributed by atoms with E-state index in [9.17, 15) is 4.79 Å². The lowest BCUT2D eigenvalue weighted by molar-refractivity contribution is 0.0945. The number of hydrogen-bond donors (Lipinski definition) is 1. The summed E-state index contributed by atoms with van der Waals surface area (Å²) < 4.78 is 6.60. The van der Waals surface area contributed by atoms with Gasteiger partial charge in [-0.3, -0.25) is 4.79 Å². The molecule has 3 aromatic rings. The second-order valence-electron chi connectivity index (χ2n) is 5.16. The van der Waals surface area contributed by atoms with Crippen molar-refractivity contribution in [2.45, 2.75) is 13.8 Å². The van der Waals surface area contributed by atoms with Gasteiger partial charge in [0.05, 0.1) is 13.3 Å². The van der Waals surface area contributed by atoms with Gasteiger partial charge in [-0.05, 0) is 49.7 Å². The number of carbonyl (C=O) groups is 1. The Morgan fingerprint density at radius 3 is 2.71 bits per heavy atom. The average molecular weight is 324 g/mol. The zero-order chi connectivity index (χ0) is 17.1. The summed E-state index contributed by atoms with van der Waals surface area (Å²) in [4.78, 5) is 20.5. The first kappa shape index (κ1) is 15.6. The summed E-state index contributed by atoms with van der Waals surface area (Å²) in [6.07, 6.45) is 1.53. The molecular formula is C16H16N6O2. The Kier molecular flexibility index (Phi) is 4.19. The molecule has 3 rings (SSSR count). The lowest BCUT2D eigenvalue weighted by Gasteiger charge is -1.99. The molecule has 0 radical (unpaired) electrons. The van der Waals surface area contributed by atoms with E-state index in [1.54, 1.807) is 7.11 Å². The summed E-state index contributed by atoms with van der Waals surface area (Å²) in [6, 6.07) is 9.14. The van der Waals surface area contributed by atoms with Crippen LogP contribution in [0.2, 0.25) is 0 Å². The van der Waals surface area contributed by atoms with Crippen LogP contribution in [0.25, 0.3) is 5.78 Å². The van der Waals surface area contributed by atoms with Crippen molar-refractivity contribution in [2.24, 2.45) is 5.10 Å². The average Bonchev–Trinajstić information content (AvgIpc) is 3.00. The molecule has 0 aliphatic heterocycles. The largest absolute Gasteiger partial charge is 0.497 e. The highest BCUT2D eigenvalue weighted by molar-refractivity contribution is 5.91. The monoisotopic (exact) mass is 324 g/mol. The van der Waals surface area contributed by atoms with E-state index in [1.165, 1.54) is 10.7 Å². The third kappa shape index (κ3) is 3.22. The quantitative estimate of drug-likeness (QED) is 0.580. The maximum Gasteiger partial charge on any atom is 0.311 e. The number of amides is 1. The van der Waals surface area contributed by atoms with Gasteiger partial charge in [0, 0.05) is 11.4 Å². The van der Waals surface area contributed by atoms with Crippen LogP contribution in [0.3, 0.4) is 0 Å². The highest BCUT2D eigenvalue weighted by Gasteiger charge is 2.14. The Bertz CT molecular complexity index is 914. The number of benzene rings is 1. The minimum absolute atomic E-state index is 0.0167. The highest BCUT2D eigenvalue weighted by Crippen LogP contribution is 2.09. The van der Waals surface area contributed by atoms with Gasteiger partial charge < -0.3 is 4.74 Å². The Morgan fingerprint density at radius 2 is 2.00 bits per heavy atom. The van der Waals surface area contributed by atoms with E-state index >= 15 is 0 Å². The van der Waals surface area contributed by atoms with Gasteiger partial charge in [-0.15, -0.1) is 5.10 Å². The van der Waals surface area contributed by atoms with Crippen LogP contribution in [-0.2, 0) is 0 Å². The van der Waals surface area contributed by atoms with Crippen molar-refractivity contribution in [1.29, 1.82) is 0 Å². The molecule has 1 N–H and O–H groups in total. The Hall–Kier alpha value is -3.29. The van der Waals surface area contributed by atoms with E-state index in [0.29, 0.717) is 5.78 Å². The van der Waals surface area contributed by atoms with Gasteiger partial charge in [0.15, 0.2) is 0 Å². The van der Waals surface area contributed by atoms with Crippen molar-refractivity contribution in [1.82, 2.24) is 25.0 Å². The number of rotatable bonds is 4. The van der Waals surface area contributed by atoms with Crippen molar-refractivity contribution in [3.63, 3.8) is 0 Å². The van der Waals surface area contributed by atoms with E-state index in [-0.39, 0.29) is 5.82 Å². The van der Waals surface area contributed by atoms with Gasteiger partial charge in [0.2, 0.25) is 5.82 Å². The molecule has 24 heavy (non-hydrogen) atoms. The van der Waals surface area contributed by atoms with Crippen LogP contribution >= 0.6 is 0 Å². The molecule has 2 aromatic heterocycles. The predicted molar refractivity (Wildman–Crippen MR) is 88.3 cm³/mol. The number of nitrogens with one attached hydrogen (secondary N) is 1. The number of carbonyl (C=O) groups excluding carboxylic acids is 1. The standard InChI is InChI=1S/C16H16N6O2/c1-10-8-11(2)22-16(18-10)19-14(21-22)15(23)20-17-9-12-4-6-13(24-3)7-5-12/h4-9H,1-3H3,(H,20,23). The normalized spacial score (nSPS) is 11.1. The Morgan fingerprint density at radius 1 is 1.25 bits per heavy atom. The fourth-order valence-corrected chi connectivity index (χ4v) is 2.17. The van der Waals surface area contributed by atoms with Gasteiger partial charge in [-0.2, -0.15) is 10.1 Å². The first-order valence-electron chi connectivity index (χ1n) is 7.25. The van der Waals surface area contributed by atoms with Crippen molar-refractivity contribution < 1.29 is 9.53 Å². The smallest absolute Gasteiger partial charge is 0.311 e. The summed E-state index contributed by atoms with van der Waals surface area (Å²) in [6.45, 7) is 3.74. The number of hydrogen-bond acceptors (Lipinski definition) is 6. The van der Waals surface area contributed by atoms with Gasteiger partial charge in [-0.1, -0.05) is 0 Å². The first-order chi connectivity index (χ1) is 11.6. The molecule has 1 amide bonds. The number of methoxy groups -OCH3 is 1. The van der Waals surface area contributed by atoms with Crippen molar-refractivity contribution in [2.75, 3.05) is 7.11 Å². The van der Waals surface area contributed by atoms with Crippen LogP contribution in [0.1, 0.15) is 27.6 Å². The topological polar surface area (TPSA) is 93.8 Å². The van der Waals surface area contributed by atoms with E-state index < -0.39 is 5.91 Å². The molecule has 8 heteroatoms. The molecule has 0 aliphatic rings. The van der Waals surface area contributed by atoms with Crippen LogP contribution in [-0.4, -0.2) is 38.8 Å². The number of aromatic nitrogens is 4. The van der Waals surface area contributed by atoms with Crippen LogP contribution in [0.15, 0.2) is 35.4 Å². The molecule has 0 bridgehead atoms. The molecule has 8 nitrogen and oxygen atoms in total. The van der Waals surface area contributed by atoms with Crippen LogP contribution < -0.4 is 10.2 Å².